The van der Waals surface area contributed by atoms with Crippen molar-refractivity contribution in [3.05, 3.63) is 52.3 Å². The van der Waals surface area contributed by atoms with Gasteiger partial charge in [-0.3, -0.25) is 14.5 Å². The summed E-state index contributed by atoms with van der Waals surface area (Å²) in [6.45, 7) is 1.65. The zero-order valence-electron chi connectivity index (χ0n) is 15.9. The average Bonchev–Trinajstić information content (AvgIpc) is 3.14. The van der Waals surface area contributed by atoms with Gasteiger partial charge in [0.05, 0.1) is 30.5 Å². The van der Waals surface area contributed by atoms with E-state index in [1.807, 2.05) is 0 Å². The molecule has 0 spiro atoms. The molecule has 0 N–H and O–H groups in total. The van der Waals surface area contributed by atoms with Crippen LogP contribution in [0, 0.1) is 24.4 Å². The summed E-state index contributed by atoms with van der Waals surface area (Å²) in [5.41, 5.74) is 0.765. The molecular formula is C20H15F3N2O4S. The number of hydrogen-bond acceptors (Lipinski definition) is 6. The number of halogens is 3. The Morgan fingerprint density at radius 2 is 2.07 bits per heavy atom. The number of esters is 1. The van der Waals surface area contributed by atoms with Gasteiger partial charge in [-0.05, 0) is 18.6 Å². The van der Waals surface area contributed by atoms with E-state index in [2.05, 4.69) is 9.72 Å². The van der Waals surface area contributed by atoms with Gasteiger partial charge in [0.15, 0.2) is 17.7 Å². The Kier molecular flexibility index (Phi) is 5.10. The number of benzene rings is 2. The first-order chi connectivity index (χ1) is 14.3. The van der Waals surface area contributed by atoms with Crippen molar-refractivity contribution >= 4 is 39.1 Å². The molecule has 0 radical (unpaired) electrons. The van der Waals surface area contributed by atoms with Gasteiger partial charge in [0.1, 0.15) is 22.1 Å². The standard InChI is InChI=1S/C20H15F3N2O4S/c1-9-4-3-5-12-18(9)25(20(27)13(29-12)7-15(26)28-2)8-14-24-17-16(23)10(21)6-11(22)19(17)30-14/h3-6,13H,7-8H2,1-2H3. The Morgan fingerprint density at radius 1 is 1.30 bits per heavy atom. The highest BCUT2D eigenvalue weighted by molar-refractivity contribution is 7.18. The summed E-state index contributed by atoms with van der Waals surface area (Å²) >= 11 is 0.824. The van der Waals surface area contributed by atoms with Crippen molar-refractivity contribution in [1.29, 1.82) is 0 Å². The van der Waals surface area contributed by atoms with E-state index in [0.29, 0.717) is 17.5 Å². The zero-order valence-corrected chi connectivity index (χ0v) is 16.7. The van der Waals surface area contributed by atoms with E-state index in [0.717, 1.165) is 16.9 Å². The Morgan fingerprint density at radius 3 is 2.80 bits per heavy atom. The molecule has 0 fully saturated rings. The third kappa shape index (κ3) is 3.36. The number of fused-ring (bicyclic) bond motifs is 2. The van der Waals surface area contributed by atoms with Crippen LogP contribution in [0.15, 0.2) is 24.3 Å². The smallest absolute Gasteiger partial charge is 0.309 e. The van der Waals surface area contributed by atoms with Crippen LogP contribution in [0.4, 0.5) is 18.9 Å². The van der Waals surface area contributed by atoms with Crippen LogP contribution in [-0.2, 0) is 20.9 Å². The van der Waals surface area contributed by atoms with Crippen molar-refractivity contribution in [3.8, 4) is 5.75 Å². The average molecular weight is 436 g/mol. The van der Waals surface area contributed by atoms with Gasteiger partial charge in [-0.2, -0.15) is 0 Å². The minimum absolute atomic E-state index is 0.127. The summed E-state index contributed by atoms with van der Waals surface area (Å²) in [6, 6.07) is 5.63. The Labute approximate surface area is 172 Å². The second kappa shape index (κ2) is 7.60. The van der Waals surface area contributed by atoms with Gasteiger partial charge in [-0.25, -0.2) is 18.2 Å². The predicted molar refractivity (Wildman–Crippen MR) is 103 cm³/mol. The fourth-order valence-electron chi connectivity index (χ4n) is 3.31. The van der Waals surface area contributed by atoms with Gasteiger partial charge in [-0.15, -0.1) is 11.3 Å². The molecule has 4 rings (SSSR count). The molecule has 1 aliphatic heterocycles. The number of ether oxygens (including phenoxy) is 2. The molecule has 3 aromatic rings. The van der Waals surface area contributed by atoms with Crippen LogP contribution in [0.5, 0.6) is 5.75 Å². The fraction of sp³-hybridized carbons (Fsp3) is 0.250. The third-order valence-corrected chi connectivity index (χ3v) is 5.76. The Balaban J connectivity index is 1.76. The number of para-hydroxylation sites is 1. The molecule has 2 aromatic carbocycles. The maximum Gasteiger partial charge on any atom is 0.309 e. The van der Waals surface area contributed by atoms with E-state index in [1.54, 1.807) is 25.1 Å². The van der Waals surface area contributed by atoms with Crippen LogP contribution in [0.3, 0.4) is 0 Å². The molecule has 1 aromatic heterocycles. The molecule has 6 nitrogen and oxygen atoms in total. The number of amides is 1. The second-order valence-corrected chi connectivity index (χ2v) is 7.76. The summed E-state index contributed by atoms with van der Waals surface area (Å²) in [6.07, 6.45) is -1.42. The molecule has 30 heavy (non-hydrogen) atoms. The van der Waals surface area contributed by atoms with Gasteiger partial charge >= 0.3 is 5.97 Å². The van der Waals surface area contributed by atoms with E-state index in [4.69, 9.17) is 4.74 Å². The summed E-state index contributed by atoms with van der Waals surface area (Å²) in [7, 11) is 1.20. The van der Waals surface area contributed by atoms with Gasteiger partial charge < -0.3 is 9.47 Å². The maximum atomic E-state index is 14.1. The maximum absolute atomic E-state index is 14.1. The quantitative estimate of drug-likeness (QED) is 0.459. The third-order valence-electron chi connectivity index (χ3n) is 4.71. The van der Waals surface area contributed by atoms with Crippen LogP contribution < -0.4 is 9.64 Å². The fourth-order valence-corrected chi connectivity index (χ4v) is 4.27. The molecule has 0 saturated carbocycles. The largest absolute Gasteiger partial charge is 0.478 e. The van der Waals surface area contributed by atoms with Crippen LogP contribution in [0.25, 0.3) is 10.2 Å². The summed E-state index contributed by atoms with van der Waals surface area (Å²) in [5, 5.41) is 0.203. The van der Waals surface area contributed by atoms with Crippen LogP contribution in [-0.4, -0.2) is 30.1 Å². The van der Waals surface area contributed by atoms with Crippen molar-refractivity contribution in [1.82, 2.24) is 4.98 Å². The van der Waals surface area contributed by atoms with E-state index in [9.17, 15) is 22.8 Å². The van der Waals surface area contributed by atoms with Crippen molar-refractivity contribution in [3.63, 3.8) is 0 Å². The lowest BCUT2D eigenvalue weighted by atomic mass is 10.1. The predicted octanol–water partition coefficient (Wildman–Crippen LogP) is 3.88. The lowest BCUT2D eigenvalue weighted by Gasteiger charge is -2.34. The Bertz CT molecular complexity index is 1180. The number of rotatable bonds is 4. The second-order valence-electron chi connectivity index (χ2n) is 6.67. The van der Waals surface area contributed by atoms with Crippen molar-refractivity contribution in [2.24, 2.45) is 0 Å². The highest BCUT2D eigenvalue weighted by atomic mass is 32.1. The number of carbonyl (C=O) groups excluding carboxylic acids is 2. The number of aromatic nitrogens is 1. The van der Waals surface area contributed by atoms with Crippen molar-refractivity contribution in [2.75, 3.05) is 12.0 Å². The highest BCUT2D eigenvalue weighted by Gasteiger charge is 2.37. The number of methoxy groups -OCH3 is 1. The lowest BCUT2D eigenvalue weighted by Crippen LogP contribution is -2.46. The molecule has 1 amide bonds. The van der Waals surface area contributed by atoms with Gasteiger partial charge in [0, 0.05) is 6.07 Å². The molecule has 10 heteroatoms. The topological polar surface area (TPSA) is 68.7 Å². The number of hydrogen-bond donors (Lipinski definition) is 0. The van der Waals surface area contributed by atoms with Crippen LogP contribution >= 0.6 is 11.3 Å². The first-order valence-corrected chi connectivity index (χ1v) is 9.69. The van der Waals surface area contributed by atoms with E-state index < -0.39 is 40.9 Å². The van der Waals surface area contributed by atoms with Crippen LogP contribution in [0.1, 0.15) is 17.0 Å². The molecule has 1 atom stereocenters. The monoisotopic (exact) mass is 436 g/mol. The number of thiazole rings is 1. The molecule has 2 heterocycles. The summed E-state index contributed by atoms with van der Waals surface area (Å²) < 4.78 is 51.8. The summed E-state index contributed by atoms with van der Waals surface area (Å²) in [4.78, 5) is 30.1. The van der Waals surface area contributed by atoms with Crippen molar-refractivity contribution in [2.45, 2.75) is 26.0 Å². The Hall–Kier alpha value is -3.14. The molecule has 156 valence electrons. The molecular weight excluding hydrogens is 421 g/mol. The van der Waals surface area contributed by atoms with Gasteiger partial charge in [0.25, 0.3) is 5.91 Å². The van der Waals surface area contributed by atoms with Crippen molar-refractivity contribution < 1.29 is 32.2 Å². The zero-order chi connectivity index (χ0) is 21.6. The van der Waals surface area contributed by atoms with E-state index in [-0.39, 0.29) is 22.7 Å². The van der Waals surface area contributed by atoms with Gasteiger partial charge in [0.2, 0.25) is 0 Å². The lowest BCUT2D eigenvalue weighted by molar-refractivity contribution is -0.145. The number of aryl methyl sites for hydroxylation is 1. The summed E-state index contributed by atoms with van der Waals surface area (Å²) in [5.74, 6) is -4.27. The van der Waals surface area contributed by atoms with E-state index >= 15 is 0 Å². The molecule has 1 aliphatic rings. The van der Waals surface area contributed by atoms with Crippen LogP contribution in [0.2, 0.25) is 0 Å². The minimum Gasteiger partial charge on any atom is -0.478 e. The SMILES string of the molecule is COC(=O)CC1Oc2cccc(C)c2N(Cc2nc3c(F)c(F)cc(F)c3s2)C1=O. The first kappa shape index (κ1) is 20.1. The normalized spacial score (nSPS) is 15.8. The molecule has 0 aliphatic carbocycles. The van der Waals surface area contributed by atoms with E-state index in [1.165, 1.54) is 12.0 Å². The number of nitrogens with zero attached hydrogens (tertiary/aromatic N) is 2. The minimum atomic E-state index is -1.33. The van der Waals surface area contributed by atoms with Gasteiger partial charge in [-0.1, -0.05) is 12.1 Å². The molecule has 0 saturated heterocycles. The molecule has 1 unspecified atom stereocenters. The molecule has 0 bridgehead atoms. The first-order valence-electron chi connectivity index (χ1n) is 8.87. The highest BCUT2D eigenvalue weighted by Crippen LogP contribution is 2.39. The number of anilines is 1. The number of carbonyl (C=O) groups is 2.